The Morgan fingerprint density at radius 2 is 1.94 bits per heavy atom. The second-order valence-electron chi connectivity index (χ2n) is 3.60. The first-order valence-electron chi connectivity index (χ1n) is 4.92. The van der Waals surface area contributed by atoms with Gasteiger partial charge in [-0.1, -0.05) is 35.6 Å². The molecule has 1 heterocycles. The minimum absolute atomic E-state index is 0.0760. The van der Waals surface area contributed by atoms with Gasteiger partial charge in [0.05, 0.1) is 10.6 Å². The number of ketones is 1. The van der Waals surface area contributed by atoms with Gasteiger partial charge in [-0.2, -0.15) is 0 Å². The molecule has 3 nitrogen and oxygen atoms in total. The first-order valence-corrected chi connectivity index (χ1v) is 5.74. The Labute approximate surface area is 97.9 Å². The number of nitrogens with two attached hydrogens (primary N) is 1. The van der Waals surface area contributed by atoms with E-state index in [0.717, 1.165) is 21.7 Å². The van der Waals surface area contributed by atoms with Crippen molar-refractivity contribution < 1.29 is 4.79 Å². The fraction of sp³-hybridized carbons (Fsp3) is 0.167. The van der Waals surface area contributed by atoms with Crippen molar-refractivity contribution in [3.8, 4) is 10.4 Å². The molecule has 0 amide bonds. The van der Waals surface area contributed by atoms with Crippen LogP contribution in [0.2, 0.25) is 0 Å². The quantitative estimate of drug-likeness (QED) is 0.810. The van der Waals surface area contributed by atoms with E-state index >= 15 is 0 Å². The summed E-state index contributed by atoms with van der Waals surface area (Å²) in [6, 6.07) is 7.51. The van der Waals surface area contributed by atoms with Gasteiger partial charge in [-0.15, -0.1) is 0 Å². The molecule has 2 aromatic rings. The Morgan fingerprint density at radius 3 is 2.38 bits per heavy atom. The molecule has 0 bridgehead atoms. The predicted octanol–water partition coefficient (Wildman–Crippen LogP) is 2.90. The van der Waals surface area contributed by atoms with Crippen molar-refractivity contribution >= 4 is 22.3 Å². The fourth-order valence-corrected chi connectivity index (χ4v) is 2.38. The van der Waals surface area contributed by atoms with E-state index in [-0.39, 0.29) is 5.78 Å². The lowest BCUT2D eigenvalue weighted by atomic mass is 10.1. The first kappa shape index (κ1) is 10.8. The number of aryl methyl sites for hydroxylation is 1. The van der Waals surface area contributed by atoms with Gasteiger partial charge in [0.25, 0.3) is 0 Å². The Kier molecular flexibility index (Phi) is 2.75. The summed E-state index contributed by atoms with van der Waals surface area (Å²) in [6.07, 6.45) is 0. The Morgan fingerprint density at radius 1 is 1.31 bits per heavy atom. The van der Waals surface area contributed by atoms with Crippen molar-refractivity contribution in [2.45, 2.75) is 13.8 Å². The number of hydrogen-bond acceptors (Lipinski definition) is 4. The van der Waals surface area contributed by atoms with Gasteiger partial charge in [-0.3, -0.25) is 4.79 Å². The monoisotopic (exact) mass is 232 g/mol. The average molecular weight is 232 g/mol. The van der Waals surface area contributed by atoms with Crippen LogP contribution in [0.25, 0.3) is 10.4 Å². The van der Waals surface area contributed by atoms with Crippen LogP contribution in [0.15, 0.2) is 24.3 Å². The van der Waals surface area contributed by atoms with E-state index in [1.807, 2.05) is 31.2 Å². The third-order valence-corrected chi connectivity index (χ3v) is 3.40. The molecule has 2 N–H and O–H groups in total. The molecule has 0 aliphatic carbocycles. The van der Waals surface area contributed by atoms with Crippen molar-refractivity contribution in [2.24, 2.45) is 0 Å². The lowest BCUT2D eigenvalue weighted by Gasteiger charge is -2.00. The predicted molar refractivity (Wildman–Crippen MR) is 66.7 cm³/mol. The zero-order valence-electron chi connectivity index (χ0n) is 9.15. The number of aromatic nitrogens is 1. The summed E-state index contributed by atoms with van der Waals surface area (Å²) in [7, 11) is 0. The van der Waals surface area contributed by atoms with Gasteiger partial charge in [0.15, 0.2) is 10.9 Å². The molecule has 0 saturated heterocycles. The third kappa shape index (κ3) is 1.97. The smallest absolute Gasteiger partial charge is 0.180 e. The van der Waals surface area contributed by atoms with Gasteiger partial charge < -0.3 is 5.73 Å². The highest BCUT2D eigenvalue weighted by atomic mass is 32.1. The zero-order valence-corrected chi connectivity index (χ0v) is 9.97. The number of hydrogen-bond donors (Lipinski definition) is 1. The highest BCUT2D eigenvalue weighted by Crippen LogP contribution is 2.31. The summed E-state index contributed by atoms with van der Waals surface area (Å²) >= 11 is 1.46. The van der Waals surface area contributed by atoms with E-state index in [2.05, 4.69) is 4.98 Å². The lowest BCUT2D eigenvalue weighted by Crippen LogP contribution is -1.90. The minimum atomic E-state index is 0.0760. The maximum absolute atomic E-state index is 11.1. The summed E-state index contributed by atoms with van der Waals surface area (Å²) in [6.45, 7) is 3.49. The van der Waals surface area contributed by atoms with Crippen LogP contribution in [0.1, 0.15) is 23.0 Å². The molecule has 0 unspecified atom stereocenters. The Bertz CT molecular complexity index is 528. The topological polar surface area (TPSA) is 56.0 Å². The second-order valence-corrected chi connectivity index (χ2v) is 4.63. The average Bonchev–Trinajstić information content (AvgIpc) is 2.58. The molecule has 0 aliphatic rings. The number of nitrogen functional groups attached to an aromatic ring is 1. The van der Waals surface area contributed by atoms with Gasteiger partial charge in [-0.05, 0) is 19.4 Å². The summed E-state index contributed by atoms with van der Waals surface area (Å²) in [5, 5.41) is 0.572. The van der Waals surface area contributed by atoms with Crippen molar-refractivity contribution in [3.05, 3.63) is 35.5 Å². The maximum atomic E-state index is 11.1. The number of anilines is 1. The molecular formula is C12H12N2OS. The van der Waals surface area contributed by atoms with Crippen LogP contribution in [0.4, 0.5) is 5.13 Å². The first-order chi connectivity index (χ1) is 7.58. The van der Waals surface area contributed by atoms with Crippen LogP contribution in [-0.4, -0.2) is 10.8 Å². The van der Waals surface area contributed by atoms with Crippen LogP contribution in [0.5, 0.6) is 0 Å². The zero-order chi connectivity index (χ0) is 11.7. The van der Waals surface area contributed by atoms with Crippen LogP contribution >= 0.6 is 11.3 Å². The normalized spacial score (nSPS) is 10.4. The number of rotatable bonds is 2. The van der Waals surface area contributed by atoms with E-state index < -0.39 is 0 Å². The van der Waals surface area contributed by atoms with E-state index in [0.29, 0.717) is 5.13 Å². The molecule has 1 aromatic carbocycles. The molecule has 1 aromatic heterocycles. The van der Waals surface area contributed by atoms with Gasteiger partial charge in [0.2, 0.25) is 0 Å². The number of nitrogens with zero attached hydrogens (tertiary/aromatic N) is 1. The standard InChI is InChI=1S/C12H12N2OS/c1-7-11(16-12(13)14-7)10-5-3-9(4-6-10)8(2)15/h3-6H,1-2H3,(H2,13,14). The summed E-state index contributed by atoms with van der Waals surface area (Å²) < 4.78 is 0. The number of carbonyl (C=O) groups is 1. The van der Waals surface area contributed by atoms with Crippen LogP contribution in [-0.2, 0) is 0 Å². The third-order valence-electron chi connectivity index (χ3n) is 2.37. The summed E-state index contributed by atoms with van der Waals surface area (Å²) in [4.78, 5) is 16.4. The van der Waals surface area contributed by atoms with Crippen molar-refractivity contribution in [2.75, 3.05) is 5.73 Å². The number of thiazole rings is 1. The Balaban J connectivity index is 2.42. The van der Waals surface area contributed by atoms with Crippen LogP contribution in [0.3, 0.4) is 0 Å². The molecule has 0 atom stereocenters. The molecule has 0 saturated carbocycles. The van der Waals surface area contributed by atoms with E-state index in [1.54, 1.807) is 6.92 Å². The van der Waals surface area contributed by atoms with E-state index in [1.165, 1.54) is 11.3 Å². The molecular weight excluding hydrogens is 220 g/mol. The van der Waals surface area contributed by atoms with Crippen LogP contribution in [0, 0.1) is 6.92 Å². The van der Waals surface area contributed by atoms with Gasteiger partial charge in [0.1, 0.15) is 0 Å². The molecule has 0 spiro atoms. The van der Waals surface area contributed by atoms with Crippen molar-refractivity contribution in [3.63, 3.8) is 0 Å². The molecule has 82 valence electrons. The molecule has 0 radical (unpaired) electrons. The van der Waals surface area contributed by atoms with Crippen molar-refractivity contribution in [1.29, 1.82) is 0 Å². The van der Waals surface area contributed by atoms with Crippen molar-refractivity contribution in [1.82, 2.24) is 4.98 Å². The largest absolute Gasteiger partial charge is 0.375 e. The maximum Gasteiger partial charge on any atom is 0.180 e. The lowest BCUT2D eigenvalue weighted by molar-refractivity contribution is 0.101. The Hall–Kier alpha value is -1.68. The summed E-state index contributed by atoms with van der Waals surface area (Å²) in [5.74, 6) is 0.0760. The highest BCUT2D eigenvalue weighted by molar-refractivity contribution is 7.18. The van der Waals surface area contributed by atoms with E-state index in [4.69, 9.17) is 5.73 Å². The summed E-state index contributed by atoms with van der Waals surface area (Å²) in [5.41, 5.74) is 8.35. The highest BCUT2D eigenvalue weighted by Gasteiger charge is 2.08. The van der Waals surface area contributed by atoms with E-state index in [9.17, 15) is 4.79 Å². The van der Waals surface area contributed by atoms with Gasteiger partial charge >= 0.3 is 0 Å². The number of Topliss-reactive ketones (excluding diaryl/α,β-unsaturated/α-hetero) is 1. The minimum Gasteiger partial charge on any atom is -0.375 e. The molecule has 4 heteroatoms. The number of benzene rings is 1. The van der Waals surface area contributed by atoms with Gasteiger partial charge in [-0.25, -0.2) is 4.98 Å². The molecule has 0 aliphatic heterocycles. The van der Waals surface area contributed by atoms with Crippen LogP contribution < -0.4 is 5.73 Å². The SMILES string of the molecule is CC(=O)c1ccc(-c2sc(N)nc2C)cc1. The van der Waals surface area contributed by atoms with Gasteiger partial charge in [0, 0.05) is 5.56 Å². The second kappa shape index (κ2) is 4.06. The molecule has 0 fully saturated rings. The molecule has 2 rings (SSSR count). The fourth-order valence-electron chi connectivity index (χ4n) is 1.54. The molecule has 16 heavy (non-hydrogen) atoms. The number of carbonyl (C=O) groups excluding carboxylic acids is 1.